The summed E-state index contributed by atoms with van der Waals surface area (Å²) in [6.45, 7) is 0. The maximum Gasteiger partial charge on any atom is 0.171 e. The summed E-state index contributed by atoms with van der Waals surface area (Å²) in [6.07, 6.45) is 0. The zero-order chi connectivity index (χ0) is 21.1. The van der Waals surface area contributed by atoms with Crippen LogP contribution >= 0.6 is 7.14 Å². The SMILES string of the molecule is COc1ccc(-c2ccc(P(=O)(c3ccc(F)cc3)c3ccc(F)cc3)cc2)cc1. The minimum atomic E-state index is -3.29. The van der Waals surface area contributed by atoms with Crippen LogP contribution < -0.4 is 20.7 Å². The summed E-state index contributed by atoms with van der Waals surface area (Å²) in [5, 5.41) is 1.58. The molecule has 0 aliphatic heterocycles. The summed E-state index contributed by atoms with van der Waals surface area (Å²) in [4.78, 5) is 0. The topological polar surface area (TPSA) is 26.3 Å². The molecule has 0 saturated carbocycles. The third-order valence-corrected chi connectivity index (χ3v) is 8.11. The molecule has 0 atom stereocenters. The highest BCUT2D eigenvalue weighted by Gasteiger charge is 2.29. The Kier molecular flexibility index (Phi) is 5.52. The Bertz CT molecular complexity index is 1130. The van der Waals surface area contributed by atoms with Crippen LogP contribution in [0.5, 0.6) is 5.75 Å². The van der Waals surface area contributed by atoms with Crippen LogP contribution in [0.1, 0.15) is 0 Å². The molecule has 150 valence electrons. The summed E-state index contributed by atoms with van der Waals surface area (Å²) in [5.41, 5.74) is 1.96. The lowest BCUT2D eigenvalue weighted by atomic mass is 10.1. The van der Waals surface area contributed by atoms with Gasteiger partial charge in [0.1, 0.15) is 17.4 Å². The van der Waals surface area contributed by atoms with Crippen molar-refractivity contribution in [1.29, 1.82) is 0 Å². The number of halogens is 2. The molecule has 0 amide bonds. The zero-order valence-electron chi connectivity index (χ0n) is 16.3. The lowest BCUT2D eigenvalue weighted by Crippen LogP contribution is -2.25. The highest BCUT2D eigenvalue weighted by Crippen LogP contribution is 2.42. The van der Waals surface area contributed by atoms with Crippen molar-refractivity contribution in [2.45, 2.75) is 0 Å². The average Bonchev–Trinajstić information content (AvgIpc) is 2.80. The van der Waals surface area contributed by atoms with Crippen LogP contribution in [0, 0.1) is 11.6 Å². The summed E-state index contributed by atoms with van der Waals surface area (Å²) in [5.74, 6) is -0.0361. The predicted molar refractivity (Wildman–Crippen MR) is 118 cm³/mol. The summed E-state index contributed by atoms with van der Waals surface area (Å²) in [6, 6.07) is 26.3. The maximum absolute atomic E-state index is 14.3. The van der Waals surface area contributed by atoms with Gasteiger partial charge in [0.25, 0.3) is 0 Å². The van der Waals surface area contributed by atoms with E-state index >= 15 is 0 Å². The molecular weight excluding hydrogens is 401 g/mol. The van der Waals surface area contributed by atoms with Gasteiger partial charge < -0.3 is 9.30 Å². The first-order valence-corrected chi connectivity index (χ1v) is 11.1. The molecule has 0 aliphatic rings. The molecule has 0 heterocycles. The Morgan fingerprint density at radius 3 is 1.27 bits per heavy atom. The van der Waals surface area contributed by atoms with E-state index < -0.39 is 18.8 Å². The lowest BCUT2D eigenvalue weighted by molar-refractivity contribution is 0.415. The number of methoxy groups -OCH3 is 1. The van der Waals surface area contributed by atoms with E-state index in [1.807, 2.05) is 48.5 Å². The molecule has 30 heavy (non-hydrogen) atoms. The van der Waals surface area contributed by atoms with Crippen molar-refractivity contribution < 1.29 is 18.1 Å². The van der Waals surface area contributed by atoms with Gasteiger partial charge in [0.2, 0.25) is 0 Å². The molecule has 0 aliphatic carbocycles. The van der Waals surface area contributed by atoms with Gasteiger partial charge in [-0.3, -0.25) is 0 Å². The quantitative estimate of drug-likeness (QED) is 0.411. The van der Waals surface area contributed by atoms with Gasteiger partial charge in [0.15, 0.2) is 7.14 Å². The van der Waals surface area contributed by atoms with E-state index in [2.05, 4.69) is 0 Å². The van der Waals surface area contributed by atoms with Crippen LogP contribution in [0.3, 0.4) is 0 Å². The van der Waals surface area contributed by atoms with Crippen molar-refractivity contribution in [2.75, 3.05) is 7.11 Å². The fraction of sp³-hybridized carbons (Fsp3) is 0.0400. The van der Waals surface area contributed by atoms with Crippen molar-refractivity contribution in [2.24, 2.45) is 0 Å². The number of ether oxygens (including phenoxy) is 1. The van der Waals surface area contributed by atoms with Gasteiger partial charge in [0.05, 0.1) is 7.11 Å². The van der Waals surface area contributed by atoms with Crippen LogP contribution in [-0.4, -0.2) is 7.11 Å². The second-order valence-electron chi connectivity index (χ2n) is 6.84. The Balaban J connectivity index is 1.80. The third kappa shape index (κ3) is 3.79. The second kappa shape index (κ2) is 8.25. The summed E-state index contributed by atoms with van der Waals surface area (Å²) >= 11 is 0. The molecule has 0 fully saturated rings. The first-order chi connectivity index (χ1) is 14.5. The van der Waals surface area contributed by atoms with Crippen molar-refractivity contribution in [3.63, 3.8) is 0 Å². The third-order valence-electron chi connectivity index (χ3n) is 5.03. The van der Waals surface area contributed by atoms with Crippen LogP contribution in [0.2, 0.25) is 0 Å². The van der Waals surface area contributed by atoms with Crippen molar-refractivity contribution in [3.05, 3.63) is 109 Å². The van der Waals surface area contributed by atoms with Gasteiger partial charge in [-0.25, -0.2) is 8.78 Å². The van der Waals surface area contributed by atoms with E-state index in [0.29, 0.717) is 15.9 Å². The van der Waals surface area contributed by atoms with Crippen molar-refractivity contribution in [3.8, 4) is 16.9 Å². The highest BCUT2D eigenvalue weighted by atomic mass is 31.2. The van der Waals surface area contributed by atoms with Crippen molar-refractivity contribution in [1.82, 2.24) is 0 Å². The fourth-order valence-corrected chi connectivity index (χ4v) is 6.00. The van der Waals surface area contributed by atoms with Crippen LogP contribution in [-0.2, 0) is 4.57 Å². The molecule has 0 bridgehead atoms. The molecule has 0 aromatic heterocycles. The number of rotatable bonds is 5. The fourth-order valence-electron chi connectivity index (χ4n) is 3.40. The maximum atomic E-state index is 14.3. The van der Waals surface area contributed by atoms with Crippen LogP contribution in [0.4, 0.5) is 8.78 Å². The van der Waals surface area contributed by atoms with E-state index in [1.165, 1.54) is 48.5 Å². The molecule has 2 nitrogen and oxygen atoms in total. The van der Waals surface area contributed by atoms with Gasteiger partial charge in [-0.1, -0.05) is 36.4 Å². The van der Waals surface area contributed by atoms with Gasteiger partial charge in [0, 0.05) is 15.9 Å². The van der Waals surface area contributed by atoms with Crippen LogP contribution in [0.15, 0.2) is 97.1 Å². The zero-order valence-corrected chi connectivity index (χ0v) is 17.2. The Morgan fingerprint density at radius 1 is 0.567 bits per heavy atom. The Hall–Kier alpha value is -3.23. The number of hydrogen-bond donors (Lipinski definition) is 0. The highest BCUT2D eigenvalue weighted by molar-refractivity contribution is 7.85. The number of hydrogen-bond acceptors (Lipinski definition) is 2. The average molecular weight is 420 g/mol. The Labute approximate surface area is 174 Å². The molecular formula is C25H19F2O2P. The normalized spacial score (nSPS) is 11.3. The molecule has 0 unspecified atom stereocenters. The van der Waals surface area contributed by atoms with Gasteiger partial charge >= 0.3 is 0 Å². The minimum absolute atomic E-state index is 0.403. The molecule has 0 spiro atoms. The largest absolute Gasteiger partial charge is 0.497 e. The molecule has 4 rings (SSSR count). The smallest absolute Gasteiger partial charge is 0.171 e. The van der Waals surface area contributed by atoms with Gasteiger partial charge in [-0.2, -0.15) is 0 Å². The van der Waals surface area contributed by atoms with E-state index in [4.69, 9.17) is 4.74 Å². The number of benzene rings is 4. The van der Waals surface area contributed by atoms with E-state index in [9.17, 15) is 13.3 Å². The summed E-state index contributed by atoms with van der Waals surface area (Å²) < 4.78 is 46.5. The Morgan fingerprint density at radius 2 is 0.900 bits per heavy atom. The van der Waals surface area contributed by atoms with E-state index in [-0.39, 0.29) is 0 Å². The van der Waals surface area contributed by atoms with Crippen LogP contribution in [0.25, 0.3) is 11.1 Å². The second-order valence-corrected chi connectivity index (χ2v) is 9.61. The van der Waals surface area contributed by atoms with E-state index in [0.717, 1.165) is 16.9 Å². The summed E-state index contributed by atoms with van der Waals surface area (Å²) in [7, 11) is -1.68. The van der Waals surface area contributed by atoms with Crippen molar-refractivity contribution >= 4 is 23.1 Å². The first kappa shape index (κ1) is 20.1. The predicted octanol–water partition coefficient (Wildman–Crippen LogP) is 5.28. The van der Waals surface area contributed by atoms with Gasteiger partial charge in [-0.15, -0.1) is 0 Å². The monoisotopic (exact) mass is 420 g/mol. The van der Waals surface area contributed by atoms with Gasteiger partial charge in [-0.05, 0) is 71.8 Å². The molecule has 0 saturated heterocycles. The minimum Gasteiger partial charge on any atom is -0.497 e. The molecule has 0 N–H and O–H groups in total. The molecule has 4 aromatic rings. The molecule has 4 aromatic carbocycles. The molecule has 0 radical (unpaired) electrons. The van der Waals surface area contributed by atoms with E-state index in [1.54, 1.807) is 7.11 Å². The lowest BCUT2D eigenvalue weighted by Gasteiger charge is -2.20. The first-order valence-electron chi connectivity index (χ1n) is 9.38. The molecule has 5 heteroatoms. The standard InChI is InChI=1S/C25H19F2O2P/c1-29-22-10-2-18(3-11-22)19-4-12-23(13-5-19)30(28,24-14-6-20(26)7-15-24)25-16-8-21(27)9-17-25/h2-17H,1H3.